The van der Waals surface area contributed by atoms with Gasteiger partial charge in [-0.15, -0.1) is 22.7 Å². The second-order valence-electron chi connectivity index (χ2n) is 6.74. The summed E-state index contributed by atoms with van der Waals surface area (Å²) in [5.41, 5.74) is -0.745. The molecular weight excluding hydrogens is 296 g/mol. The van der Waals surface area contributed by atoms with Gasteiger partial charge in [0.15, 0.2) is 0 Å². The zero-order valence-corrected chi connectivity index (χ0v) is 13.4. The summed E-state index contributed by atoms with van der Waals surface area (Å²) in [6.45, 7) is 0. The Morgan fingerprint density at radius 3 is 2.29 bits per heavy atom. The third-order valence-electron chi connectivity index (χ3n) is 6.26. The van der Waals surface area contributed by atoms with Crippen LogP contribution >= 0.6 is 22.7 Å². The van der Waals surface area contributed by atoms with Crippen molar-refractivity contribution in [2.45, 2.75) is 24.9 Å². The van der Waals surface area contributed by atoms with Gasteiger partial charge >= 0.3 is 0 Å². The first kappa shape index (κ1) is 12.6. The summed E-state index contributed by atoms with van der Waals surface area (Å²) in [7, 11) is 0. The summed E-state index contributed by atoms with van der Waals surface area (Å²) in [6, 6.07) is 8.41. The first-order valence-electron chi connectivity index (χ1n) is 7.75. The molecule has 1 N–H and O–H groups in total. The van der Waals surface area contributed by atoms with Crippen LogP contribution in [0.25, 0.3) is 0 Å². The van der Waals surface area contributed by atoms with Crippen LogP contribution in [0, 0.1) is 23.2 Å². The average Bonchev–Trinajstić information content (AvgIpc) is 3.22. The smallest absolute Gasteiger partial charge is 0.139 e. The van der Waals surface area contributed by atoms with Crippen LogP contribution in [0.4, 0.5) is 0 Å². The molecule has 0 saturated heterocycles. The van der Waals surface area contributed by atoms with Crippen LogP contribution in [0.2, 0.25) is 0 Å². The van der Waals surface area contributed by atoms with Crippen molar-refractivity contribution in [3.63, 3.8) is 0 Å². The highest BCUT2D eigenvalue weighted by Gasteiger charge is 2.70. The quantitative estimate of drug-likeness (QED) is 0.818. The van der Waals surface area contributed by atoms with Gasteiger partial charge in [0.1, 0.15) is 5.60 Å². The normalized spacial score (nSPS) is 36.7. The second-order valence-corrected chi connectivity index (χ2v) is 8.64. The van der Waals surface area contributed by atoms with Gasteiger partial charge in [0.25, 0.3) is 0 Å². The summed E-state index contributed by atoms with van der Waals surface area (Å²) in [5.74, 6) is 1.92. The zero-order valence-electron chi connectivity index (χ0n) is 11.7. The molecular formula is C18H18OS2. The topological polar surface area (TPSA) is 20.2 Å². The predicted octanol–water partition coefficient (Wildman–Crippen LogP) is 4.65. The van der Waals surface area contributed by atoms with Crippen molar-refractivity contribution in [3.05, 3.63) is 56.9 Å². The Labute approximate surface area is 133 Å². The maximum absolute atomic E-state index is 12.0. The van der Waals surface area contributed by atoms with Gasteiger partial charge in [0, 0.05) is 15.2 Å². The molecule has 2 heterocycles. The zero-order chi connectivity index (χ0) is 14.1. The molecule has 3 heteroatoms. The highest BCUT2D eigenvalue weighted by atomic mass is 32.1. The summed E-state index contributed by atoms with van der Waals surface area (Å²) in [5, 5.41) is 16.2. The maximum atomic E-state index is 12.0. The number of aliphatic hydroxyl groups is 1. The lowest BCUT2D eigenvalue weighted by atomic mass is 9.47. The number of hydrogen-bond donors (Lipinski definition) is 1. The second kappa shape index (κ2) is 4.09. The van der Waals surface area contributed by atoms with Gasteiger partial charge in [-0.1, -0.05) is 24.3 Å². The van der Waals surface area contributed by atoms with Crippen molar-refractivity contribution in [3.8, 4) is 0 Å². The van der Waals surface area contributed by atoms with Gasteiger partial charge in [-0.25, -0.2) is 0 Å². The molecule has 1 nitrogen and oxygen atoms in total. The van der Waals surface area contributed by atoms with Gasteiger partial charge in [-0.05, 0) is 59.9 Å². The Kier molecular flexibility index (Phi) is 2.46. The van der Waals surface area contributed by atoms with Crippen molar-refractivity contribution in [1.82, 2.24) is 0 Å². The molecule has 0 amide bonds. The number of allylic oxidation sites excluding steroid dienone is 2. The van der Waals surface area contributed by atoms with Gasteiger partial charge in [0.05, 0.1) is 0 Å². The van der Waals surface area contributed by atoms with E-state index in [0.29, 0.717) is 17.8 Å². The molecule has 0 radical (unpaired) electrons. The Balaban J connectivity index is 1.75. The fourth-order valence-corrected chi connectivity index (χ4v) is 7.28. The van der Waals surface area contributed by atoms with Crippen molar-refractivity contribution < 1.29 is 5.11 Å². The Morgan fingerprint density at radius 1 is 1.10 bits per heavy atom. The highest BCUT2D eigenvalue weighted by molar-refractivity contribution is 7.11. The summed E-state index contributed by atoms with van der Waals surface area (Å²) < 4.78 is 0. The van der Waals surface area contributed by atoms with Crippen LogP contribution in [-0.2, 0) is 5.60 Å². The Hall–Kier alpha value is -0.900. The van der Waals surface area contributed by atoms with Crippen LogP contribution < -0.4 is 0 Å². The molecule has 3 aliphatic carbocycles. The molecule has 21 heavy (non-hydrogen) atoms. The van der Waals surface area contributed by atoms with Gasteiger partial charge < -0.3 is 5.11 Å². The van der Waals surface area contributed by atoms with Crippen LogP contribution in [0.5, 0.6) is 0 Å². The summed E-state index contributed by atoms with van der Waals surface area (Å²) in [4.78, 5) is 2.27. The lowest BCUT2D eigenvalue weighted by molar-refractivity contribution is -0.153. The van der Waals surface area contributed by atoms with Crippen LogP contribution in [0.3, 0.4) is 0 Å². The average molecular weight is 314 g/mol. The Bertz CT molecular complexity index is 651. The van der Waals surface area contributed by atoms with E-state index >= 15 is 0 Å². The van der Waals surface area contributed by atoms with E-state index in [-0.39, 0.29) is 5.41 Å². The van der Waals surface area contributed by atoms with E-state index in [0.717, 1.165) is 16.2 Å². The molecule has 2 saturated carbocycles. The molecule has 0 unspecified atom stereocenters. The molecule has 3 aliphatic rings. The molecule has 5 rings (SSSR count). The third kappa shape index (κ3) is 1.32. The standard InChI is InChI=1S/C18H18OS2/c19-18(15-3-1-9-20-15,16-4-2-10-21-16)17-8-7-14(17)12-5-6-13(17)11-12/h1-6,9-10,12-14,19H,7-8,11H2/t12-,13+,14+,17+/m0/s1. The van der Waals surface area contributed by atoms with E-state index in [4.69, 9.17) is 0 Å². The van der Waals surface area contributed by atoms with Crippen LogP contribution in [0.1, 0.15) is 29.0 Å². The molecule has 4 atom stereocenters. The predicted molar refractivity (Wildman–Crippen MR) is 87.5 cm³/mol. The largest absolute Gasteiger partial charge is 0.378 e. The number of rotatable bonds is 3. The minimum absolute atomic E-state index is 0.0438. The molecule has 0 spiro atoms. The van der Waals surface area contributed by atoms with E-state index in [1.54, 1.807) is 22.7 Å². The molecule has 2 aromatic rings. The molecule has 0 aliphatic heterocycles. The van der Waals surface area contributed by atoms with Gasteiger partial charge in [0.2, 0.25) is 0 Å². The van der Waals surface area contributed by atoms with Crippen molar-refractivity contribution in [2.24, 2.45) is 23.2 Å². The number of thiophene rings is 2. The third-order valence-corrected chi connectivity index (χ3v) is 8.21. The maximum Gasteiger partial charge on any atom is 0.139 e. The molecule has 2 fully saturated rings. The minimum Gasteiger partial charge on any atom is -0.378 e. The van der Waals surface area contributed by atoms with Gasteiger partial charge in [-0.3, -0.25) is 0 Å². The lowest BCUT2D eigenvalue weighted by Gasteiger charge is -2.59. The monoisotopic (exact) mass is 314 g/mol. The van der Waals surface area contributed by atoms with E-state index in [2.05, 4.69) is 47.2 Å². The molecule has 108 valence electrons. The first-order chi connectivity index (χ1) is 10.3. The first-order valence-corrected chi connectivity index (χ1v) is 9.51. The fraction of sp³-hybridized carbons (Fsp3) is 0.444. The SMILES string of the molecule is OC(c1cccs1)(c1cccs1)[C@@]12CC[C@@H]1[C@H]1C=C[C@@H]2C1. The minimum atomic E-state index is -0.789. The van der Waals surface area contributed by atoms with Crippen molar-refractivity contribution >= 4 is 22.7 Å². The fourth-order valence-electron chi connectivity index (χ4n) is 5.35. The molecule has 0 aromatic carbocycles. The van der Waals surface area contributed by atoms with Gasteiger partial charge in [-0.2, -0.15) is 0 Å². The van der Waals surface area contributed by atoms with Crippen molar-refractivity contribution in [2.75, 3.05) is 0 Å². The van der Waals surface area contributed by atoms with E-state index in [1.807, 2.05) is 0 Å². The molecule has 2 bridgehead atoms. The Morgan fingerprint density at radius 2 is 1.81 bits per heavy atom. The number of hydrogen-bond acceptors (Lipinski definition) is 3. The van der Waals surface area contributed by atoms with E-state index in [1.165, 1.54) is 12.8 Å². The van der Waals surface area contributed by atoms with Crippen LogP contribution in [-0.4, -0.2) is 5.11 Å². The summed E-state index contributed by atoms with van der Waals surface area (Å²) in [6.07, 6.45) is 8.51. The van der Waals surface area contributed by atoms with Crippen molar-refractivity contribution in [1.29, 1.82) is 0 Å². The van der Waals surface area contributed by atoms with E-state index in [9.17, 15) is 5.11 Å². The summed E-state index contributed by atoms with van der Waals surface area (Å²) >= 11 is 3.42. The van der Waals surface area contributed by atoms with E-state index < -0.39 is 5.60 Å². The molecule has 2 aromatic heterocycles. The number of fused-ring (bicyclic) bond motifs is 5. The highest BCUT2D eigenvalue weighted by Crippen LogP contribution is 2.74. The van der Waals surface area contributed by atoms with Crippen LogP contribution in [0.15, 0.2) is 47.2 Å². The lowest BCUT2D eigenvalue weighted by Crippen LogP contribution is -2.58.